The number of likely N-dealkylation sites (tertiary alicyclic amines) is 1. The van der Waals surface area contributed by atoms with E-state index in [9.17, 15) is 14.3 Å². The topological polar surface area (TPSA) is 131 Å². The maximum absolute atomic E-state index is 13.6. The lowest BCUT2D eigenvalue weighted by atomic mass is 9.98. The summed E-state index contributed by atoms with van der Waals surface area (Å²) in [6, 6.07) is 18.6. The number of hydrogen-bond acceptors (Lipinski definition) is 8. The summed E-state index contributed by atoms with van der Waals surface area (Å²) in [5.74, 6) is 1.08. The van der Waals surface area contributed by atoms with Crippen molar-refractivity contribution in [2.24, 2.45) is 13.0 Å². The quantitative estimate of drug-likeness (QED) is 0.222. The number of piperidine rings is 1. The summed E-state index contributed by atoms with van der Waals surface area (Å²) in [7, 11) is 1.85. The highest BCUT2D eigenvalue weighted by Crippen LogP contribution is 2.30. The number of fused-ring (bicyclic) bond motifs is 1. The number of aryl methyl sites for hydroxylation is 1. The Bertz CT molecular complexity index is 1800. The SMILES string of the molecule is Cn1c(-c2nc(-c3cccc(OCCN4CCC(CO)CC4)c3)cnc2N)nc2cc(C(=O)Nc3cccc(F)c3)ccc21. The molecule has 5 aromatic rings. The first kappa shape index (κ1) is 29.2. The number of hydrogen-bond donors (Lipinski definition) is 3. The molecule has 0 radical (unpaired) electrons. The molecule has 1 aliphatic rings. The van der Waals surface area contributed by atoms with Gasteiger partial charge in [-0.2, -0.15) is 0 Å². The van der Waals surface area contributed by atoms with Crippen molar-refractivity contribution in [1.29, 1.82) is 0 Å². The monoisotopic (exact) mass is 595 g/mol. The van der Waals surface area contributed by atoms with Gasteiger partial charge in [0.05, 0.1) is 22.9 Å². The minimum absolute atomic E-state index is 0.230. The molecule has 6 rings (SSSR count). The third-order valence-corrected chi connectivity index (χ3v) is 8.01. The average molecular weight is 596 g/mol. The molecule has 226 valence electrons. The molecule has 1 aliphatic heterocycles. The molecule has 1 saturated heterocycles. The Morgan fingerprint density at radius 3 is 2.70 bits per heavy atom. The number of carbonyl (C=O) groups excluding carboxylic acids is 1. The Labute approximate surface area is 254 Å². The van der Waals surface area contributed by atoms with Crippen molar-refractivity contribution in [1.82, 2.24) is 24.4 Å². The normalized spacial score (nSPS) is 14.2. The summed E-state index contributed by atoms with van der Waals surface area (Å²) in [6.45, 7) is 3.61. The Kier molecular flexibility index (Phi) is 8.49. The van der Waals surface area contributed by atoms with Crippen molar-refractivity contribution in [3.8, 4) is 28.5 Å². The Morgan fingerprint density at radius 2 is 1.91 bits per heavy atom. The number of aliphatic hydroxyl groups excluding tert-OH is 1. The fraction of sp³-hybridized carbons (Fsp3) is 0.273. The smallest absolute Gasteiger partial charge is 0.255 e. The zero-order valence-electron chi connectivity index (χ0n) is 24.4. The largest absolute Gasteiger partial charge is 0.492 e. The predicted octanol–water partition coefficient (Wildman–Crippen LogP) is 4.75. The molecule has 10 nitrogen and oxygen atoms in total. The number of nitrogen functional groups attached to an aromatic ring is 1. The van der Waals surface area contributed by atoms with Crippen LogP contribution in [0.1, 0.15) is 23.2 Å². The zero-order valence-corrected chi connectivity index (χ0v) is 24.4. The van der Waals surface area contributed by atoms with E-state index in [2.05, 4.69) is 15.2 Å². The summed E-state index contributed by atoms with van der Waals surface area (Å²) in [6.07, 6.45) is 3.66. The first-order valence-electron chi connectivity index (χ1n) is 14.6. The fourth-order valence-electron chi connectivity index (χ4n) is 5.45. The summed E-state index contributed by atoms with van der Waals surface area (Å²) in [5.41, 5.74) is 10.3. The van der Waals surface area contributed by atoms with E-state index in [1.807, 2.05) is 35.9 Å². The first-order chi connectivity index (χ1) is 21.4. The zero-order chi connectivity index (χ0) is 30.6. The van der Waals surface area contributed by atoms with Gasteiger partial charge in [-0.25, -0.2) is 19.3 Å². The lowest BCUT2D eigenvalue weighted by Crippen LogP contribution is -2.37. The number of anilines is 2. The van der Waals surface area contributed by atoms with Gasteiger partial charge in [-0.15, -0.1) is 0 Å². The highest BCUT2D eigenvalue weighted by atomic mass is 19.1. The predicted molar refractivity (Wildman–Crippen MR) is 168 cm³/mol. The molecule has 1 amide bonds. The molecule has 11 heteroatoms. The molecule has 3 heterocycles. The number of aliphatic hydroxyl groups is 1. The molecule has 4 N–H and O–H groups in total. The molecule has 1 fully saturated rings. The highest BCUT2D eigenvalue weighted by molar-refractivity contribution is 6.06. The minimum atomic E-state index is -0.432. The number of rotatable bonds is 9. The van der Waals surface area contributed by atoms with Crippen LogP contribution in [0.25, 0.3) is 33.8 Å². The van der Waals surface area contributed by atoms with Crippen molar-refractivity contribution in [2.75, 3.05) is 43.9 Å². The third-order valence-electron chi connectivity index (χ3n) is 8.01. The molecule has 44 heavy (non-hydrogen) atoms. The van der Waals surface area contributed by atoms with Crippen molar-refractivity contribution >= 4 is 28.4 Å². The first-order valence-corrected chi connectivity index (χ1v) is 14.6. The molecular weight excluding hydrogens is 561 g/mol. The van der Waals surface area contributed by atoms with Crippen LogP contribution in [-0.2, 0) is 7.05 Å². The molecule has 0 unspecified atom stereocenters. The number of imidazole rings is 1. The van der Waals surface area contributed by atoms with E-state index in [4.69, 9.17) is 20.4 Å². The van der Waals surface area contributed by atoms with Gasteiger partial charge in [-0.05, 0) is 80.4 Å². The van der Waals surface area contributed by atoms with Crippen LogP contribution in [-0.4, -0.2) is 68.3 Å². The number of nitrogens with zero attached hydrogens (tertiary/aromatic N) is 5. The lowest BCUT2D eigenvalue weighted by Gasteiger charge is -2.30. The van der Waals surface area contributed by atoms with E-state index >= 15 is 0 Å². The summed E-state index contributed by atoms with van der Waals surface area (Å²) in [4.78, 5) is 29.2. The Hall–Kier alpha value is -4.87. The lowest BCUT2D eigenvalue weighted by molar-refractivity contribution is 0.102. The summed E-state index contributed by atoms with van der Waals surface area (Å²) >= 11 is 0. The Morgan fingerprint density at radius 1 is 1.09 bits per heavy atom. The third kappa shape index (κ3) is 6.38. The Balaban J connectivity index is 1.19. The van der Waals surface area contributed by atoms with Crippen LogP contribution in [0.5, 0.6) is 5.75 Å². The summed E-state index contributed by atoms with van der Waals surface area (Å²) in [5, 5.41) is 12.1. The van der Waals surface area contributed by atoms with Crippen LogP contribution in [0.15, 0.2) is 72.9 Å². The number of carbonyl (C=O) groups is 1. The number of benzene rings is 3. The van der Waals surface area contributed by atoms with Crippen LogP contribution < -0.4 is 15.8 Å². The number of ether oxygens (including phenoxy) is 1. The van der Waals surface area contributed by atoms with Crippen LogP contribution in [0, 0.1) is 11.7 Å². The second-order valence-corrected chi connectivity index (χ2v) is 11.0. The van der Waals surface area contributed by atoms with Gasteiger partial charge < -0.3 is 25.5 Å². The van der Waals surface area contributed by atoms with Crippen LogP contribution in [0.4, 0.5) is 15.9 Å². The van der Waals surface area contributed by atoms with Gasteiger partial charge in [0.1, 0.15) is 23.9 Å². The van der Waals surface area contributed by atoms with E-state index in [0.29, 0.717) is 46.5 Å². The highest BCUT2D eigenvalue weighted by Gasteiger charge is 2.19. The van der Waals surface area contributed by atoms with Crippen LogP contribution >= 0.6 is 0 Å². The van der Waals surface area contributed by atoms with Gasteiger partial charge in [0.15, 0.2) is 11.6 Å². The maximum atomic E-state index is 13.6. The van der Waals surface area contributed by atoms with Crippen molar-refractivity contribution in [3.05, 3.63) is 84.3 Å². The van der Waals surface area contributed by atoms with Gasteiger partial charge >= 0.3 is 0 Å². The van der Waals surface area contributed by atoms with Gasteiger partial charge in [0.25, 0.3) is 5.91 Å². The molecule has 3 aromatic carbocycles. The van der Waals surface area contributed by atoms with E-state index in [0.717, 1.165) is 49.3 Å². The van der Waals surface area contributed by atoms with E-state index < -0.39 is 5.82 Å². The van der Waals surface area contributed by atoms with E-state index in [1.54, 1.807) is 30.5 Å². The second-order valence-electron chi connectivity index (χ2n) is 11.0. The standard InChI is InChI=1S/C33H34FN7O3/c1-40-29-9-8-23(33(43)37-25-6-3-5-24(34)18-25)17-27(29)39-32(40)30-31(35)36-19-28(38-30)22-4-2-7-26(16-22)44-15-14-41-12-10-21(20-42)11-13-41/h2-9,16-19,21,42H,10-15,20H2,1H3,(H2,35,36)(H,37,43). The molecule has 0 atom stereocenters. The molecule has 2 aromatic heterocycles. The molecule has 0 bridgehead atoms. The van der Waals surface area contributed by atoms with Crippen molar-refractivity contribution in [3.63, 3.8) is 0 Å². The number of halogens is 1. The maximum Gasteiger partial charge on any atom is 0.255 e. The van der Waals surface area contributed by atoms with Gasteiger partial charge in [-0.1, -0.05) is 18.2 Å². The second kappa shape index (κ2) is 12.8. The number of amides is 1. The van der Waals surface area contributed by atoms with Gasteiger partial charge in [0, 0.05) is 37.0 Å². The number of nitrogens with two attached hydrogens (primary N) is 1. The van der Waals surface area contributed by atoms with Gasteiger partial charge in [0.2, 0.25) is 0 Å². The number of aromatic nitrogens is 4. The molecule has 0 saturated carbocycles. The average Bonchev–Trinajstić information content (AvgIpc) is 3.37. The van der Waals surface area contributed by atoms with E-state index in [-0.39, 0.29) is 18.3 Å². The summed E-state index contributed by atoms with van der Waals surface area (Å²) < 4.78 is 21.5. The molecule has 0 aliphatic carbocycles. The van der Waals surface area contributed by atoms with Crippen molar-refractivity contribution in [2.45, 2.75) is 12.8 Å². The van der Waals surface area contributed by atoms with Crippen molar-refractivity contribution < 1.29 is 19.0 Å². The van der Waals surface area contributed by atoms with Crippen LogP contribution in [0.2, 0.25) is 0 Å². The number of nitrogens with one attached hydrogen (secondary N) is 1. The molecule has 0 spiro atoms. The minimum Gasteiger partial charge on any atom is -0.492 e. The van der Waals surface area contributed by atoms with E-state index in [1.165, 1.54) is 18.2 Å². The van der Waals surface area contributed by atoms with Crippen LogP contribution in [0.3, 0.4) is 0 Å². The van der Waals surface area contributed by atoms with Gasteiger partial charge in [-0.3, -0.25) is 9.69 Å². The molecular formula is C33H34FN7O3. The fourth-order valence-corrected chi connectivity index (χ4v) is 5.45.